The summed E-state index contributed by atoms with van der Waals surface area (Å²) in [4.78, 5) is 11.2. The van der Waals surface area contributed by atoms with Gasteiger partial charge in [0.1, 0.15) is 11.5 Å². The van der Waals surface area contributed by atoms with Crippen molar-refractivity contribution >= 4 is 5.97 Å². The van der Waals surface area contributed by atoms with Crippen LogP contribution in [0.2, 0.25) is 0 Å². The number of phenols is 2. The van der Waals surface area contributed by atoms with Gasteiger partial charge in [0, 0.05) is 11.1 Å². The molecular weight excluding hydrogens is 436 g/mol. The van der Waals surface area contributed by atoms with Gasteiger partial charge in [-0.3, -0.25) is 0 Å². The Morgan fingerprint density at radius 1 is 0.686 bits per heavy atom. The molecule has 0 fully saturated rings. The molecule has 0 saturated carbocycles. The van der Waals surface area contributed by atoms with Crippen LogP contribution >= 0.6 is 0 Å². The third-order valence-electron chi connectivity index (χ3n) is 7.25. The number of hydrogen-bond acceptors (Lipinski definition) is 3. The van der Waals surface area contributed by atoms with E-state index in [1.165, 1.54) is 5.56 Å². The Labute approximate surface area is 213 Å². The van der Waals surface area contributed by atoms with Gasteiger partial charge in [0.2, 0.25) is 0 Å². The van der Waals surface area contributed by atoms with E-state index in [1.54, 1.807) is 12.1 Å². The Balaban J connectivity index is 0.000000351. The van der Waals surface area contributed by atoms with E-state index < -0.39 is 5.97 Å². The lowest BCUT2D eigenvalue weighted by molar-refractivity contribution is 0.0696. The highest BCUT2D eigenvalue weighted by atomic mass is 16.4. The van der Waals surface area contributed by atoms with Crippen molar-refractivity contribution in [2.24, 2.45) is 0 Å². The molecule has 0 heterocycles. The molecule has 4 heteroatoms. The van der Waals surface area contributed by atoms with Gasteiger partial charge >= 0.3 is 5.97 Å². The summed E-state index contributed by atoms with van der Waals surface area (Å²) in [6.45, 7) is 25.0. The second-order valence-electron chi connectivity index (χ2n) is 12.9. The predicted molar refractivity (Wildman–Crippen MR) is 147 cm³/mol. The van der Waals surface area contributed by atoms with Gasteiger partial charge in [-0.05, 0) is 63.8 Å². The maximum absolute atomic E-state index is 11.2. The Bertz CT molecular complexity index is 996. The zero-order valence-corrected chi connectivity index (χ0v) is 24.1. The number of carbonyl (C=O) groups is 1. The molecule has 0 unspecified atom stereocenters. The minimum absolute atomic E-state index is 0.0317. The summed E-state index contributed by atoms with van der Waals surface area (Å²) < 4.78 is 0. The molecule has 0 aliphatic carbocycles. The molecule has 0 aromatic heterocycles. The molecule has 2 rings (SSSR count). The summed E-state index contributed by atoms with van der Waals surface area (Å²) in [6, 6.07) is 9.20. The fraction of sp³-hybridized carbons (Fsp3) is 0.581. The minimum Gasteiger partial charge on any atom is -0.508 e. The van der Waals surface area contributed by atoms with Gasteiger partial charge in [-0.1, -0.05) is 95.2 Å². The lowest BCUT2D eigenvalue weighted by atomic mass is 9.76. The van der Waals surface area contributed by atoms with Crippen molar-refractivity contribution in [1.82, 2.24) is 0 Å². The number of carboxylic acids is 1. The van der Waals surface area contributed by atoms with E-state index in [0.29, 0.717) is 16.9 Å². The zero-order chi connectivity index (χ0) is 27.6. The number of benzene rings is 2. The number of hydrogen-bond donors (Lipinski definition) is 3. The molecule has 35 heavy (non-hydrogen) atoms. The molecule has 0 radical (unpaired) electrons. The standard InChI is InChI=1S/C16H26O.C15H22O3/c1-7-15(3,4)12-9-10-14(17)13(11-12)16(5,6)8-2;1-14(2,3)10-7-9(13(17)18)8-11(12(10)16)15(4,5)6/h9-11,17H,7-8H2,1-6H3;7-8,16H,1-6H3,(H,17,18). The van der Waals surface area contributed by atoms with Crippen molar-refractivity contribution < 1.29 is 20.1 Å². The predicted octanol–water partition coefficient (Wildman–Crippen LogP) is 8.45. The van der Waals surface area contributed by atoms with Crippen LogP contribution in [0.15, 0.2) is 30.3 Å². The highest BCUT2D eigenvalue weighted by Gasteiger charge is 2.28. The number of phenolic OH excluding ortho intramolecular Hbond substituents is 2. The molecule has 0 spiro atoms. The highest BCUT2D eigenvalue weighted by molar-refractivity contribution is 5.88. The van der Waals surface area contributed by atoms with Gasteiger partial charge in [0.25, 0.3) is 0 Å². The number of carboxylic acid groups (broad SMARTS) is 1. The number of aromatic hydroxyl groups is 2. The van der Waals surface area contributed by atoms with Gasteiger partial charge < -0.3 is 15.3 Å². The minimum atomic E-state index is -0.967. The van der Waals surface area contributed by atoms with Crippen LogP contribution in [0.5, 0.6) is 11.5 Å². The topological polar surface area (TPSA) is 77.8 Å². The molecule has 0 amide bonds. The van der Waals surface area contributed by atoms with Gasteiger partial charge in [-0.15, -0.1) is 0 Å². The fourth-order valence-electron chi connectivity index (χ4n) is 3.80. The largest absolute Gasteiger partial charge is 0.508 e. The van der Waals surface area contributed by atoms with E-state index in [2.05, 4.69) is 47.6 Å². The lowest BCUT2D eigenvalue weighted by Crippen LogP contribution is -2.20. The Morgan fingerprint density at radius 3 is 1.46 bits per heavy atom. The van der Waals surface area contributed by atoms with Crippen LogP contribution < -0.4 is 0 Å². The van der Waals surface area contributed by atoms with E-state index in [4.69, 9.17) is 0 Å². The van der Waals surface area contributed by atoms with Crippen molar-refractivity contribution in [1.29, 1.82) is 0 Å². The van der Waals surface area contributed by atoms with Crippen molar-refractivity contribution in [3.05, 3.63) is 58.1 Å². The first-order valence-electron chi connectivity index (χ1n) is 12.6. The first-order chi connectivity index (χ1) is 15.7. The Morgan fingerprint density at radius 2 is 1.11 bits per heavy atom. The van der Waals surface area contributed by atoms with Crippen molar-refractivity contribution in [2.45, 2.75) is 118 Å². The van der Waals surface area contributed by atoms with Crippen LogP contribution in [0.4, 0.5) is 0 Å². The molecule has 0 aliphatic rings. The summed E-state index contributed by atoms with van der Waals surface area (Å²) in [5.74, 6) is -0.335. The summed E-state index contributed by atoms with van der Waals surface area (Å²) in [7, 11) is 0. The monoisotopic (exact) mass is 484 g/mol. The van der Waals surface area contributed by atoms with Crippen molar-refractivity contribution in [3.63, 3.8) is 0 Å². The van der Waals surface area contributed by atoms with Gasteiger partial charge in [-0.25, -0.2) is 4.79 Å². The van der Waals surface area contributed by atoms with E-state index in [0.717, 1.165) is 18.4 Å². The second kappa shape index (κ2) is 10.6. The van der Waals surface area contributed by atoms with Crippen LogP contribution in [0.3, 0.4) is 0 Å². The quantitative estimate of drug-likeness (QED) is 0.398. The lowest BCUT2D eigenvalue weighted by Gasteiger charge is -2.29. The van der Waals surface area contributed by atoms with E-state index in [-0.39, 0.29) is 33.0 Å². The van der Waals surface area contributed by atoms with Gasteiger partial charge in [0.05, 0.1) is 5.56 Å². The number of aromatic carboxylic acids is 1. The maximum Gasteiger partial charge on any atom is 0.335 e. The maximum atomic E-state index is 11.2. The Kier molecular flexibility index (Phi) is 9.28. The first-order valence-corrected chi connectivity index (χ1v) is 12.6. The fourth-order valence-corrected chi connectivity index (χ4v) is 3.80. The molecule has 0 bridgehead atoms. The highest BCUT2D eigenvalue weighted by Crippen LogP contribution is 2.40. The van der Waals surface area contributed by atoms with E-state index in [9.17, 15) is 20.1 Å². The molecule has 0 saturated heterocycles. The van der Waals surface area contributed by atoms with E-state index in [1.807, 2.05) is 53.7 Å². The average Bonchev–Trinajstić information content (AvgIpc) is 2.72. The second-order valence-corrected chi connectivity index (χ2v) is 12.9. The normalized spacial score (nSPS) is 12.7. The summed E-state index contributed by atoms with van der Waals surface area (Å²) in [5, 5.41) is 29.6. The SMILES string of the molecule is CC(C)(C)c1cc(C(=O)O)cc(C(C)(C)C)c1O.CCC(C)(C)c1ccc(O)c(C(C)(C)CC)c1. The molecule has 0 atom stereocenters. The third kappa shape index (κ3) is 7.49. The number of rotatable bonds is 5. The molecule has 2 aromatic carbocycles. The molecular formula is C31H48O4. The average molecular weight is 485 g/mol. The third-order valence-corrected chi connectivity index (χ3v) is 7.25. The summed E-state index contributed by atoms with van der Waals surface area (Å²) in [5.41, 5.74) is 3.57. The van der Waals surface area contributed by atoms with Crippen LogP contribution in [0.1, 0.15) is 129 Å². The van der Waals surface area contributed by atoms with Gasteiger partial charge in [0.15, 0.2) is 0 Å². The Hall–Kier alpha value is -2.49. The van der Waals surface area contributed by atoms with E-state index >= 15 is 0 Å². The van der Waals surface area contributed by atoms with Crippen LogP contribution in [-0.2, 0) is 21.7 Å². The first kappa shape index (κ1) is 30.5. The van der Waals surface area contributed by atoms with Crippen molar-refractivity contribution in [2.75, 3.05) is 0 Å². The molecule has 3 N–H and O–H groups in total. The van der Waals surface area contributed by atoms with Crippen LogP contribution in [-0.4, -0.2) is 21.3 Å². The summed E-state index contributed by atoms with van der Waals surface area (Å²) in [6.07, 6.45) is 2.13. The molecule has 196 valence electrons. The van der Waals surface area contributed by atoms with Gasteiger partial charge in [-0.2, -0.15) is 0 Å². The molecule has 0 aliphatic heterocycles. The smallest absolute Gasteiger partial charge is 0.335 e. The zero-order valence-electron chi connectivity index (χ0n) is 24.1. The molecule has 2 aromatic rings. The van der Waals surface area contributed by atoms with Crippen LogP contribution in [0.25, 0.3) is 0 Å². The summed E-state index contributed by atoms with van der Waals surface area (Å²) >= 11 is 0. The molecule has 4 nitrogen and oxygen atoms in total. The van der Waals surface area contributed by atoms with Crippen LogP contribution in [0, 0.1) is 0 Å². The van der Waals surface area contributed by atoms with Crippen molar-refractivity contribution in [3.8, 4) is 11.5 Å².